The minimum atomic E-state index is -0.169. The fourth-order valence-corrected chi connectivity index (χ4v) is 3.39. The van der Waals surface area contributed by atoms with Crippen LogP contribution in [0, 0.1) is 6.92 Å². The Morgan fingerprint density at radius 1 is 0.967 bits per heavy atom. The molecule has 2 aromatic carbocycles. The normalized spacial score (nSPS) is 11.0. The first-order valence-electron chi connectivity index (χ1n) is 9.41. The summed E-state index contributed by atoms with van der Waals surface area (Å²) in [6, 6.07) is 18.8. The highest BCUT2D eigenvalue weighted by atomic mass is 16.3. The summed E-state index contributed by atoms with van der Waals surface area (Å²) in [7, 11) is 0. The molecule has 0 aliphatic heterocycles. The van der Waals surface area contributed by atoms with E-state index in [0.717, 1.165) is 22.5 Å². The van der Waals surface area contributed by atoms with Gasteiger partial charge in [-0.05, 0) is 48.9 Å². The summed E-state index contributed by atoms with van der Waals surface area (Å²) in [6.45, 7) is 1.98. The summed E-state index contributed by atoms with van der Waals surface area (Å²) in [5, 5.41) is 9.00. The number of hydrogen-bond donors (Lipinski definition) is 0. The van der Waals surface area contributed by atoms with Crippen molar-refractivity contribution >= 4 is 0 Å². The highest BCUT2D eigenvalue weighted by Crippen LogP contribution is 2.23. The highest BCUT2D eigenvalue weighted by molar-refractivity contribution is 5.60. The van der Waals surface area contributed by atoms with Gasteiger partial charge in [-0.15, -0.1) is 0 Å². The van der Waals surface area contributed by atoms with Crippen LogP contribution in [0.2, 0.25) is 0 Å². The lowest BCUT2D eigenvalue weighted by Gasteiger charge is -2.12. The van der Waals surface area contributed by atoms with Gasteiger partial charge in [-0.1, -0.05) is 18.2 Å². The zero-order chi connectivity index (χ0) is 20.5. The van der Waals surface area contributed by atoms with Crippen molar-refractivity contribution in [2.24, 2.45) is 0 Å². The molecule has 0 aliphatic rings. The van der Waals surface area contributed by atoms with Gasteiger partial charge in [0.05, 0.1) is 29.5 Å². The average molecular weight is 395 g/mol. The highest BCUT2D eigenvalue weighted by Gasteiger charge is 2.14. The summed E-state index contributed by atoms with van der Waals surface area (Å²) in [4.78, 5) is 16.8. The minimum absolute atomic E-state index is 0.169. The Bertz CT molecular complexity index is 1370. The first kappa shape index (κ1) is 17.8. The predicted molar refractivity (Wildman–Crippen MR) is 113 cm³/mol. The first-order valence-corrected chi connectivity index (χ1v) is 9.41. The Labute approximate surface area is 171 Å². The van der Waals surface area contributed by atoms with E-state index in [2.05, 4.69) is 15.2 Å². The number of aryl methyl sites for hydroxylation is 1. The third-order valence-corrected chi connectivity index (χ3v) is 4.82. The summed E-state index contributed by atoms with van der Waals surface area (Å²) in [5.74, 6) is 0.560. The quantitative estimate of drug-likeness (QED) is 0.459. The van der Waals surface area contributed by atoms with Crippen LogP contribution in [-0.4, -0.2) is 24.5 Å². The van der Waals surface area contributed by atoms with Crippen LogP contribution in [0.25, 0.3) is 34.2 Å². The molecule has 0 radical (unpaired) electrons. The van der Waals surface area contributed by atoms with E-state index < -0.39 is 0 Å². The molecule has 7 nitrogen and oxygen atoms in total. The fraction of sp³-hybridized carbons (Fsp3) is 0.0435. The van der Waals surface area contributed by atoms with Crippen LogP contribution in [0.15, 0.2) is 94.7 Å². The van der Waals surface area contributed by atoms with E-state index in [-0.39, 0.29) is 5.43 Å². The zero-order valence-electron chi connectivity index (χ0n) is 16.1. The zero-order valence-corrected chi connectivity index (χ0v) is 16.1. The molecule has 0 atom stereocenters. The molecule has 0 saturated heterocycles. The van der Waals surface area contributed by atoms with Gasteiger partial charge < -0.3 is 4.42 Å². The van der Waals surface area contributed by atoms with Crippen molar-refractivity contribution in [2.45, 2.75) is 6.92 Å². The minimum Gasteiger partial charge on any atom is -0.445 e. The molecule has 0 amide bonds. The van der Waals surface area contributed by atoms with Crippen LogP contribution in [-0.2, 0) is 0 Å². The van der Waals surface area contributed by atoms with Gasteiger partial charge in [-0.25, -0.2) is 14.3 Å². The van der Waals surface area contributed by atoms with Crippen molar-refractivity contribution in [3.05, 3.63) is 101 Å². The largest absolute Gasteiger partial charge is 0.445 e. The molecule has 3 aromatic heterocycles. The van der Waals surface area contributed by atoms with Gasteiger partial charge in [0.1, 0.15) is 6.26 Å². The van der Waals surface area contributed by atoms with Crippen LogP contribution in [0.4, 0.5) is 0 Å². The van der Waals surface area contributed by atoms with E-state index >= 15 is 0 Å². The topological polar surface area (TPSA) is 78.7 Å². The SMILES string of the molecule is Cc1cc(-c2ncco2)ccc1-n1ccc(=O)c(-c2ccnn2-c2ccccc2)n1. The van der Waals surface area contributed by atoms with Crippen molar-refractivity contribution < 1.29 is 4.42 Å². The number of nitrogens with zero attached hydrogens (tertiary/aromatic N) is 5. The van der Waals surface area contributed by atoms with Crippen LogP contribution in [0.5, 0.6) is 0 Å². The smallest absolute Gasteiger partial charge is 0.225 e. The molecule has 30 heavy (non-hydrogen) atoms. The number of oxazole rings is 1. The maximum atomic E-state index is 12.6. The Morgan fingerprint density at radius 3 is 2.60 bits per heavy atom. The summed E-state index contributed by atoms with van der Waals surface area (Å²) in [6.07, 6.45) is 6.49. The number of hydrogen-bond acceptors (Lipinski definition) is 5. The van der Waals surface area contributed by atoms with Crippen molar-refractivity contribution in [1.29, 1.82) is 0 Å². The fourth-order valence-electron chi connectivity index (χ4n) is 3.39. The molecule has 0 aliphatic carbocycles. The van der Waals surface area contributed by atoms with Crippen molar-refractivity contribution in [2.75, 3.05) is 0 Å². The molecule has 0 fully saturated rings. The lowest BCUT2D eigenvalue weighted by Crippen LogP contribution is -2.15. The molecule has 0 unspecified atom stereocenters. The van der Waals surface area contributed by atoms with E-state index in [9.17, 15) is 4.79 Å². The van der Waals surface area contributed by atoms with Crippen LogP contribution < -0.4 is 5.43 Å². The van der Waals surface area contributed by atoms with Crippen LogP contribution in [0.1, 0.15) is 5.56 Å². The number of rotatable bonds is 4. The first-order chi connectivity index (χ1) is 14.7. The van der Waals surface area contributed by atoms with E-state index in [1.165, 1.54) is 6.07 Å². The second-order valence-corrected chi connectivity index (χ2v) is 6.78. The third-order valence-electron chi connectivity index (χ3n) is 4.82. The van der Waals surface area contributed by atoms with Gasteiger partial charge in [0.2, 0.25) is 11.3 Å². The molecule has 7 heteroatoms. The molecule has 146 valence electrons. The third kappa shape index (κ3) is 3.12. The van der Waals surface area contributed by atoms with E-state index in [0.29, 0.717) is 17.3 Å². The Morgan fingerprint density at radius 2 is 1.83 bits per heavy atom. The van der Waals surface area contributed by atoms with Gasteiger partial charge in [0.15, 0.2) is 5.69 Å². The van der Waals surface area contributed by atoms with Crippen molar-refractivity contribution in [3.8, 4) is 34.2 Å². The summed E-state index contributed by atoms with van der Waals surface area (Å²) < 4.78 is 8.79. The molecule has 0 saturated carbocycles. The van der Waals surface area contributed by atoms with Gasteiger partial charge in [-0.2, -0.15) is 10.2 Å². The monoisotopic (exact) mass is 395 g/mol. The van der Waals surface area contributed by atoms with E-state index in [1.54, 1.807) is 40.3 Å². The van der Waals surface area contributed by atoms with Gasteiger partial charge in [-0.3, -0.25) is 4.79 Å². The van der Waals surface area contributed by atoms with Crippen LogP contribution >= 0.6 is 0 Å². The number of benzene rings is 2. The Hall–Kier alpha value is -4.26. The van der Waals surface area contributed by atoms with Crippen molar-refractivity contribution in [3.63, 3.8) is 0 Å². The van der Waals surface area contributed by atoms with Gasteiger partial charge in [0, 0.05) is 17.8 Å². The second-order valence-electron chi connectivity index (χ2n) is 6.78. The van der Waals surface area contributed by atoms with E-state index in [1.807, 2.05) is 55.5 Å². The maximum Gasteiger partial charge on any atom is 0.225 e. The van der Waals surface area contributed by atoms with Gasteiger partial charge in [0.25, 0.3) is 0 Å². The maximum absolute atomic E-state index is 12.6. The lowest BCUT2D eigenvalue weighted by molar-refractivity contribution is 0.574. The van der Waals surface area contributed by atoms with E-state index in [4.69, 9.17) is 4.42 Å². The molecule has 0 bridgehead atoms. The predicted octanol–water partition coefficient (Wildman–Crippen LogP) is 4.05. The molecular weight excluding hydrogens is 378 g/mol. The van der Waals surface area contributed by atoms with Crippen LogP contribution in [0.3, 0.4) is 0 Å². The number of aromatic nitrogens is 5. The standard InChI is InChI=1S/C23H17N5O2/c1-16-15-17(23-24-12-14-30-23)7-8-19(16)27-13-10-21(29)22(26-27)20-9-11-25-28(20)18-5-3-2-4-6-18/h2-15H,1H3. The lowest BCUT2D eigenvalue weighted by atomic mass is 10.1. The molecule has 0 N–H and O–H groups in total. The summed E-state index contributed by atoms with van der Waals surface area (Å²) in [5.41, 5.74) is 4.37. The van der Waals surface area contributed by atoms with Crippen molar-refractivity contribution in [1.82, 2.24) is 24.5 Å². The summed E-state index contributed by atoms with van der Waals surface area (Å²) >= 11 is 0. The van der Waals surface area contributed by atoms with Gasteiger partial charge >= 0.3 is 0 Å². The second kappa shape index (κ2) is 7.29. The molecule has 0 spiro atoms. The molecule has 3 heterocycles. The Balaban J connectivity index is 1.59. The number of para-hydroxylation sites is 1. The molecular formula is C23H17N5O2. The average Bonchev–Trinajstić information content (AvgIpc) is 3.47. The molecule has 5 aromatic rings. The molecule has 5 rings (SSSR count). The Kier molecular flexibility index (Phi) is 4.33.